The highest BCUT2D eigenvalue weighted by Crippen LogP contribution is 2.18. The lowest BCUT2D eigenvalue weighted by molar-refractivity contribution is 0.315. The zero-order valence-corrected chi connectivity index (χ0v) is 7.93. The van der Waals surface area contributed by atoms with E-state index in [-0.39, 0.29) is 11.8 Å². The second-order valence-electron chi connectivity index (χ2n) is 3.07. The monoisotopic (exact) mass is 193 g/mol. The van der Waals surface area contributed by atoms with Crippen LogP contribution in [0.2, 0.25) is 0 Å². The third-order valence-electron chi connectivity index (χ3n) is 2.13. The molecule has 0 amide bonds. The van der Waals surface area contributed by atoms with Gasteiger partial charge in [0.05, 0.1) is 0 Å². The second kappa shape index (κ2) is 5.24. The summed E-state index contributed by atoms with van der Waals surface area (Å²) in [5, 5.41) is 11.6. The van der Waals surface area contributed by atoms with Gasteiger partial charge in [0, 0.05) is 5.92 Å². The zero-order valence-electron chi connectivity index (χ0n) is 7.93. The lowest BCUT2D eigenvalue weighted by Gasteiger charge is -2.14. The SMILES string of the molecule is NCCC(/C(N)=N/O)c1ccccc1. The Morgan fingerprint density at radius 2 is 2.00 bits per heavy atom. The van der Waals surface area contributed by atoms with Gasteiger partial charge < -0.3 is 16.7 Å². The summed E-state index contributed by atoms with van der Waals surface area (Å²) in [6, 6.07) is 9.65. The van der Waals surface area contributed by atoms with Crippen molar-refractivity contribution in [1.82, 2.24) is 0 Å². The number of benzene rings is 1. The maximum atomic E-state index is 8.62. The van der Waals surface area contributed by atoms with E-state index in [0.29, 0.717) is 13.0 Å². The van der Waals surface area contributed by atoms with E-state index in [0.717, 1.165) is 5.56 Å². The molecule has 0 bridgehead atoms. The first-order chi connectivity index (χ1) is 6.79. The van der Waals surface area contributed by atoms with E-state index in [1.165, 1.54) is 0 Å². The van der Waals surface area contributed by atoms with Crippen molar-refractivity contribution < 1.29 is 5.21 Å². The molecular weight excluding hydrogens is 178 g/mol. The molecule has 0 heterocycles. The fourth-order valence-corrected chi connectivity index (χ4v) is 1.41. The molecule has 0 aliphatic rings. The second-order valence-corrected chi connectivity index (χ2v) is 3.07. The van der Waals surface area contributed by atoms with Crippen LogP contribution >= 0.6 is 0 Å². The quantitative estimate of drug-likeness (QED) is 0.287. The third-order valence-corrected chi connectivity index (χ3v) is 2.13. The third kappa shape index (κ3) is 2.47. The van der Waals surface area contributed by atoms with Gasteiger partial charge in [-0.25, -0.2) is 0 Å². The van der Waals surface area contributed by atoms with Crippen molar-refractivity contribution in [2.24, 2.45) is 16.6 Å². The molecule has 5 N–H and O–H groups in total. The smallest absolute Gasteiger partial charge is 0.146 e. The Morgan fingerprint density at radius 3 is 2.50 bits per heavy atom. The van der Waals surface area contributed by atoms with Crippen LogP contribution < -0.4 is 11.5 Å². The molecule has 1 aromatic carbocycles. The lowest BCUT2D eigenvalue weighted by atomic mass is 9.95. The standard InChI is InChI=1S/C10H15N3O/c11-7-6-9(10(12)13-14)8-4-2-1-3-5-8/h1-5,9,14H,6-7,11H2,(H2,12,13). The molecule has 0 fully saturated rings. The summed E-state index contributed by atoms with van der Waals surface area (Å²) >= 11 is 0. The van der Waals surface area contributed by atoms with E-state index < -0.39 is 0 Å². The number of amidine groups is 1. The lowest BCUT2D eigenvalue weighted by Crippen LogP contribution is -2.24. The Balaban J connectivity index is 2.89. The molecule has 1 rings (SSSR count). The molecule has 14 heavy (non-hydrogen) atoms. The summed E-state index contributed by atoms with van der Waals surface area (Å²) in [7, 11) is 0. The number of rotatable bonds is 4. The predicted octanol–water partition coefficient (Wildman–Crippen LogP) is 0.865. The highest BCUT2D eigenvalue weighted by Gasteiger charge is 2.14. The van der Waals surface area contributed by atoms with Gasteiger partial charge in [0.25, 0.3) is 0 Å². The molecule has 4 heteroatoms. The van der Waals surface area contributed by atoms with Crippen molar-refractivity contribution in [3.8, 4) is 0 Å². The first-order valence-electron chi connectivity index (χ1n) is 4.52. The number of hydrogen-bond acceptors (Lipinski definition) is 3. The molecule has 1 aromatic rings. The van der Waals surface area contributed by atoms with Crippen molar-refractivity contribution in [3.63, 3.8) is 0 Å². The maximum Gasteiger partial charge on any atom is 0.146 e. The van der Waals surface area contributed by atoms with Gasteiger partial charge in [0.15, 0.2) is 0 Å². The molecule has 0 aliphatic carbocycles. The van der Waals surface area contributed by atoms with Gasteiger partial charge in [0.1, 0.15) is 5.84 Å². The van der Waals surface area contributed by atoms with Crippen LogP contribution in [0.3, 0.4) is 0 Å². The topological polar surface area (TPSA) is 84.6 Å². The molecular formula is C10H15N3O. The molecule has 0 aliphatic heterocycles. The van der Waals surface area contributed by atoms with Crippen LogP contribution in [-0.4, -0.2) is 17.6 Å². The molecule has 76 valence electrons. The molecule has 1 unspecified atom stereocenters. The molecule has 1 atom stereocenters. The maximum absolute atomic E-state index is 8.62. The molecule has 0 saturated carbocycles. The Labute approximate surface area is 83.2 Å². The summed E-state index contributed by atoms with van der Waals surface area (Å²) in [5.41, 5.74) is 12.1. The van der Waals surface area contributed by atoms with Gasteiger partial charge in [-0.2, -0.15) is 0 Å². The summed E-state index contributed by atoms with van der Waals surface area (Å²) in [6.45, 7) is 0.510. The molecule has 4 nitrogen and oxygen atoms in total. The number of hydrogen-bond donors (Lipinski definition) is 3. The first kappa shape index (κ1) is 10.5. The molecule has 0 saturated heterocycles. The predicted molar refractivity (Wildman–Crippen MR) is 56.3 cm³/mol. The van der Waals surface area contributed by atoms with E-state index >= 15 is 0 Å². The number of nitrogens with two attached hydrogens (primary N) is 2. The van der Waals surface area contributed by atoms with Gasteiger partial charge in [-0.3, -0.25) is 0 Å². The number of oxime groups is 1. The van der Waals surface area contributed by atoms with E-state index in [4.69, 9.17) is 16.7 Å². The van der Waals surface area contributed by atoms with Crippen molar-refractivity contribution >= 4 is 5.84 Å². The average molecular weight is 193 g/mol. The fraction of sp³-hybridized carbons (Fsp3) is 0.300. The highest BCUT2D eigenvalue weighted by atomic mass is 16.4. The Kier molecular flexibility index (Phi) is 3.94. The van der Waals surface area contributed by atoms with Crippen LogP contribution in [0.5, 0.6) is 0 Å². The first-order valence-corrected chi connectivity index (χ1v) is 4.52. The van der Waals surface area contributed by atoms with Crippen molar-refractivity contribution in [2.75, 3.05) is 6.54 Å². The molecule has 0 radical (unpaired) electrons. The van der Waals surface area contributed by atoms with Crippen LogP contribution in [0.4, 0.5) is 0 Å². The Hall–Kier alpha value is -1.55. The van der Waals surface area contributed by atoms with Crippen molar-refractivity contribution in [3.05, 3.63) is 35.9 Å². The van der Waals surface area contributed by atoms with Crippen molar-refractivity contribution in [2.45, 2.75) is 12.3 Å². The van der Waals surface area contributed by atoms with Crippen LogP contribution in [-0.2, 0) is 0 Å². The van der Waals surface area contributed by atoms with E-state index in [2.05, 4.69) is 5.16 Å². The van der Waals surface area contributed by atoms with Crippen molar-refractivity contribution in [1.29, 1.82) is 0 Å². The normalized spacial score (nSPS) is 13.9. The fourth-order valence-electron chi connectivity index (χ4n) is 1.41. The summed E-state index contributed by atoms with van der Waals surface area (Å²) in [4.78, 5) is 0. The van der Waals surface area contributed by atoms with Crippen LogP contribution in [0.1, 0.15) is 17.9 Å². The van der Waals surface area contributed by atoms with Crippen LogP contribution in [0, 0.1) is 0 Å². The average Bonchev–Trinajstić information content (AvgIpc) is 2.26. The van der Waals surface area contributed by atoms with E-state index in [1.807, 2.05) is 30.3 Å². The summed E-state index contributed by atoms with van der Waals surface area (Å²) in [5.74, 6) is 0.118. The minimum atomic E-state index is -0.0915. The van der Waals surface area contributed by atoms with Gasteiger partial charge in [-0.1, -0.05) is 35.5 Å². The zero-order chi connectivity index (χ0) is 10.4. The minimum absolute atomic E-state index is 0.0915. The summed E-state index contributed by atoms with van der Waals surface area (Å²) < 4.78 is 0. The largest absolute Gasteiger partial charge is 0.409 e. The van der Waals surface area contributed by atoms with Crippen LogP contribution in [0.25, 0.3) is 0 Å². The minimum Gasteiger partial charge on any atom is -0.409 e. The Morgan fingerprint density at radius 1 is 1.36 bits per heavy atom. The van der Waals surface area contributed by atoms with E-state index in [9.17, 15) is 0 Å². The highest BCUT2D eigenvalue weighted by molar-refractivity contribution is 5.86. The molecule has 0 aromatic heterocycles. The molecule has 0 spiro atoms. The van der Waals surface area contributed by atoms with Gasteiger partial charge in [-0.15, -0.1) is 0 Å². The van der Waals surface area contributed by atoms with E-state index in [1.54, 1.807) is 0 Å². The number of nitrogens with zero attached hydrogens (tertiary/aromatic N) is 1. The van der Waals surface area contributed by atoms with Gasteiger partial charge in [0.2, 0.25) is 0 Å². The van der Waals surface area contributed by atoms with Gasteiger partial charge >= 0.3 is 0 Å². The van der Waals surface area contributed by atoms with Gasteiger partial charge in [-0.05, 0) is 18.5 Å². The Bertz CT molecular complexity index is 297. The van der Waals surface area contributed by atoms with Crippen LogP contribution in [0.15, 0.2) is 35.5 Å². The summed E-state index contributed by atoms with van der Waals surface area (Å²) in [6.07, 6.45) is 0.680.